The summed E-state index contributed by atoms with van der Waals surface area (Å²) >= 11 is 0. The van der Waals surface area contributed by atoms with Crippen molar-refractivity contribution in [1.82, 2.24) is 15.5 Å². The highest BCUT2D eigenvalue weighted by molar-refractivity contribution is 5.91. The van der Waals surface area contributed by atoms with Gasteiger partial charge in [-0.2, -0.15) is 4.98 Å². The summed E-state index contributed by atoms with van der Waals surface area (Å²) in [6.07, 6.45) is 1.46. The van der Waals surface area contributed by atoms with Crippen LogP contribution in [0.15, 0.2) is 57.7 Å². The van der Waals surface area contributed by atoms with E-state index in [0.717, 1.165) is 5.56 Å². The Morgan fingerprint density at radius 2 is 1.88 bits per heavy atom. The number of carbonyl (C=O) groups is 1. The number of benzene rings is 1. The molecule has 0 radical (unpaired) electrons. The van der Waals surface area contributed by atoms with Gasteiger partial charge in [0.05, 0.1) is 6.26 Å². The molecule has 0 aliphatic heterocycles. The summed E-state index contributed by atoms with van der Waals surface area (Å²) in [6, 6.07) is 12.4. The van der Waals surface area contributed by atoms with Gasteiger partial charge in [0.25, 0.3) is 5.91 Å². The maximum atomic E-state index is 12.3. The number of amides is 1. The number of aromatic nitrogens is 2. The van der Waals surface area contributed by atoms with Crippen LogP contribution in [0.3, 0.4) is 0 Å². The fourth-order valence-electron chi connectivity index (χ4n) is 2.32. The standard InChI is InChI=1S/C18H19N3O3/c1-18(2,3)14(19-16(22)13-10-7-11-23-13)17-20-15(21-24-17)12-8-5-4-6-9-12/h4-11,14H,1-3H3,(H,19,22). The molecule has 0 bridgehead atoms. The van der Waals surface area contributed by atoms with Crippen molar-refractivity contribution in [2.24, 2.45) is 5.41 Å². The van der Waals surface area contributed by atoms with Crippen LogP contribution in [-0.4, -0.2) is 16.0 Å². The van der Waals surface area contributed by atoms with E-state index in [0.29, 0.717) is 11.7 Å². The first kappa shape index (κ1) is 16.0. The van der Waals surface area contributed by atoms with Gasteiger partial charge in [0.15, 0.2) is 5.76 Å². The van der Waals surface area contributed by atoms with Gasteiger partial charge in [0.1, 0.15) is 6.04 Å². The van der Waals surface area contributed by atoms with E-state index >= 15 is 0 Å². The van der Waals surface area contributed by atoms with Crippen LogP contribution in [0.4, 0.5) is 0 Å². The molecule has 2 aromatic heterocycles. The number of hydrogen-bond donors (Lipinski definition) is 1. The van der Waals surface area contributed by atoms with Crippen LogP contribution in [0.1, 0.15) is 43.3 Å². The topological polar surface area (TPSA) is 81.2 Å². The second-order valence-electron chi connectivity index (χ2n) is 6.57. The molecule has 1 unspecified atom stereocenters. The Morgan fingerprint density at radius 1 is 1.12 bits per heavy atom. The maximum Gasteiger partial charge on any atom is 0.287 e. The van der Waals surface area contributed by atoms with Crippen LogP contribution in [0.5, 0.6) is 0 Å². The molecule has 0 saturated carbocycles. The lowest BCUT2D eigenvalue weighted by Crippen LogP contribution is -2.36. The molecular formula is C18H19N3O3. The highest BCUT2D eigenvalue weighted by Gasteiger charge is 2.33. The Bertz CT molecular complexity index is 802. The third-order valence-electron chi connectivity index (χ3n) is 3.61. The Kier molecular flexibility index (Phi) is 4.20. The van der Waals surface area contributed by atoms with E-state index in [9.17, 15) is 4.79 Å². The van der Waals surface area contributed by atoms with Crippen molar-refractivity contribution in [3.8, 4) is 11.4 Å². The van der Waals surface area contributed by atoms with Crippen molar-refractivity contribution in [2.75, 3.05) is 0 Å². The van der Waals surface area contributed by atoms with Gasteiger partial charge >= 0.3 is 0 Å². The SMILES string of the molecule is CC(C)(C)C(NC(=O)c1ccco1)c1nc(-c2ccccc2)no1. The molecule has 3 rings (SSSR count). The van der Waals surface area contributed by atoms with Crippen LogP contribution in [0.2, 0.25) is 0 Å². The molecule has 1 N–H and O–H groups in total. The minimum absolute atomic E-state index is 0.243. The zero-order valence-corrected chi connectivity index (χ0v) is 13.8. The number of nitrogens with one attached hydrogen (secondary N) is 1. The number of rotatable bonds is 4. The first-order valence-electron chi connectivity index (χ1n) is 7.68. The van der Waals surface area contributed by atoms with Crippen LogP contribution >= 0.6 is 0 Å². The van der Waals surface area contributed by atoms with Gasteiger partial charge in [-0.25, -0.2) is 0 Å². The molecule has 1 atom stereocenters. The fraction of sp³-hybridized carbons (Fsp3) is 0.278. The molecule has 3 aromatic rings. The monoisotopic (exact) mass is 325 g/mol. The van der Waals surface area contributed by atoms with E-state index in [2.05, 4.69) is 15.5 Å². The number of hydrogen-bond acceptors (Lipinski definition) is 5. The second kappa shape index (κ2) is 6.31. The average Bonchev–Trinajstić information content (AvgIpc) is 3.23. The molecule has 2 heterocycles. The third kappa shape index (κ3) is 3.37. The van der Waals surface area contributed by atoms with E-state index in [1.165, 1.54) is 6.26 Å². The molecule has 24 heavy (non-hydrogen) atoms. The molecule has 0 spiro atoms. The Balaban J connectivity index is 1.87. The highest BCUT2D eigenvalue weighted by atomic mass is 16.5. The molecule has 0 fully saturated rings. The van der Waals surface area contributed by atoms with Gasteiger partial charge in [-0.15, -0.1) is 0 Å². The lowest BCUT2D eigenvalue weighted by atomic mass is 9.86. The van der Waals surface area contributed by atoms with Crippen molar-refractivity contribution >= 4 is 5.91 Å². The molecule has 1 aromatic carbocycles. The number of carbonyl (C=O) groups excluding carboxylic acids is 1. The summed E-state index contributed by atoms with van der Waals surface area (Å²) in [5, 5.41) is 6.94. The first-order chi connectivity index (χ1) is 11.4. The summed E-state index contributed by atoms with van der Waals surface area (Å²) in [5.41, 5.74) is 0.542. The molecule has 124 valence electrons. The normalized spacial score (nSPS) is 12.8. The van der Waals surface area contributed by atoms with Crippen LogP contribution in [0, 0.1) is 5.41 Å². The first-order valence-corrected chi connectivity index (χ1v) is 7.68. The molecule has 6 heteroatoms. The summed E-state index contributed by atoms with van der Waals surface area (Å²) in [5.74, 6) is 0.778. The minimum atomic E-state index is -0.444. The summed E-state index contributed by atoms with van der Waals surface area (Å²) in [6.45, 7) is 5.98. The molecule has 0 saturated heterocycles. The fourth-order valence-corrected chi connectivity index (χ4v) is 2.32. The molecule has 0 aliphatic rings. The van der Waals surface area contributed by atoms with Gasteiger partial charge in [0.2, 0.25) is 11.7 Å². The number of furan rings is 1. The van der Waals surface area contributed by atoms with Crippen molar-refractivity contribution in [2.45, 2.75) is 26.8 Å². The molecular weight excluding hydrogens is 306 g/mol. The Labute approximate surface area is 139 Å². The summed E-state index contributed by atoms with van der Waals surface area (Å²) in [7, 11) is 0. The average molecular weight is 325 g/mol. The zero-order chi connectivity index (χ0) is 17.2. The Morgan fingerprint density at radius 3 is 2.50 bits per heavy atom. The quantitative estimate of drug-likeness (QED) is 0.788. The largest absolute Gasteiger partial charge is 0.459 e. The van der Waals surface area contributed by atoms with E-state index in [1.807, 2.05) is 51.1 Å². The van der Waals surface area contributed by atoms with Gasteiger partial charge in [-0.1, -0.05) is 56.3 Å². The van der Waals surface area contributed by atoms with Crippen LogP contribution in [-0.2, 0) is 0 Å². The molecule has 1 amide bonds. The number of nitrogens with zero attached hydrogens (tertiary/aromatic N) is 2. The summed E-state index contributed by atoms with van der Waals surface area (Å²) < 4.78 is 10.6. The van der Waals surface area contributed by atoms with Crippen molar-refractivity contribution in [3.05, 3.63) is 60.4 Å². The Hall–Kier alpha value is -2.89. The third-order valence-corrected chi connectivity index (χ3v) is 3.61. The summed E-state index contributed by atoms with van der Waals surface area (Å²) in [4.78, 5) is 16.8. The van der Waals surface area contributed by atoms with Crippen LogP contribution < -0.4 is 5.32 Å². The van der Waals surface area contributed by atoms with E-state index in [-0.39, 0.29) is 17.1 Å². The predicted octanol–water partition coefficient (Wildman–Crippen LogP) is 3.85. The van der Waals surface area contributed by atoms with E-state index < -0.39 is 6.04 Å². The lowest BCUT2D eigenvalue weighted by molar-refractivity contribution is 0.0852. The van der Waals surface area contributed by atoms with Crippen molar-refractivity contribution in [1.29, 1.82) is 0 Å². The maximum absolute atomic E-state index is 12.3. The molecule has 6 nitrogen and oxygen atoms in total. The van der Waals surface area contributed by atoms with Crippen molar-refractivity contribution in [3.63, 3.8) is 0 Å². The lowest BCUT2D eigenvalue weighted by Gasteiger charge is -2.27. The molecule has 0 aliphatic carbocycles. The van der Waals surface area contributed by atoms with Gasteiger partial charge in [0, 0.05) is 5.56 Å². The predicted molar refractivity (Wildman–Crippen MR) is 88.1 cm³/mol. The zero-order valence-electron chi connectivity index (χ0n) is 13.8. The van der Waals surface area contributed by atoms with E-state index in [4.69, 9.17) is 8.94 Å². The van der Waals surface area contributed by atoms with E-state index in [1.54, 1.807) is 12.1 Å². The van der Waals surface area contributed by atoms with Gasteiger partial charge in [-0.05, 0) is 17.5 Å². The minimum Gasteiger partial charge on any atom is -0.459 e. The smallest absolute Gasteiger partial charge is 0.287 e. The second-order valence-corrected chi connectivity index (χ2v) is 6.57. The van der Waals surface area contributed by atoms with Crippen LogP contribution in [0.25, 0.3) is 11.4 Å². The highest BCUT2D eigenvalue weighted by Crippen LogP contribution is 2.33. The van der Waals surface area contributed by atoms with Crippen molar-refractivity contribution < 1.29 is 13.7 Å². The van der Waals surface area contributed by atoms with Gasteiger partial charge < -0.3 is 14.3 Å². The van der Waals surface area contributed by atoms with Gasteiger partial charge in [-0.3, -0.25) is 4.79 Å².